The Morgan fingerprint density at radius 3 is 2.36 bits per heavy atom. The molecule has 0 atom stereocenters. The monoisotopic (exact) mass is 186 g/mol. The van der Waals surface area contributed by atoms with Crippen LogP contribution in [0.3, 0.4) is 0 Å². The third kappa shape index (κ3) is 1.59. The highest BCUT2D eigenvalue weighted by atomic mass is 16.3. The predicted octanol–water partition coefficient (Wildman–Crippen LogP) is 2.82. The Bertz CT molecular complexity index is 424. The van der Waals surface area contributed by atoms with Crippen LogP contribution < -0.4 is 0 Å². The average molecular weight is 186 g/mol. The summed E-state index contributed by atoms with van der Waals surface area (Å²) in [5.74, 6) is -0.00116. The van der Waals surface area contributed by atoms with Crippen LogP contribution in [0.5, 0.6) is 0 Å². The molecule has 70 valence electrons. The van der Waals surface area contributed by atoms with Gasteiger partial charge >= 0.3 is 0 Å². The highest BCUT2D eigenvalue weighted by molar-refractivity contribution is 6.08. The lowest BCUT2D eigenvalue weighted by Gasteiger charge is -1.97. The van der Waals surface area contributed by atoms with E-state index in [0.717, 1.165) is 5.56 Å². The minimum absolute atomic E-state index is 0.00116. The van der Waals surface area contributed by atoms with Crippen LogP contribution in [0, 0.1) is 6.92 Å². The van der Waals surface area contributed by atoms with Crippen molar-refractivity contribution in [1.29, 1.82) is 0 Å². The first kappa shape index (κ1) is 8.75. The van der Waals surface area contributed by atoms with E-state index in [1.807, 2.05) is 31.2 Å². The lowest BCUT2D eigenvalue weighted by atomic mass is 10.1. The highest BCUT2D eigenvalue weighted by Crippen LogP contribution is 2.10. The van der Waals surface area contributed by atoms with Gasteiger partial charge in [-0.05, 0) is 13.0 Å². The third-order valence-electron chi connectivity index (χ3n) is 2.10. The van der Waals surface area contributed by atoms with Crippen LogP contribution in [0.15, 0.2) is 47.3 Å². The molecule has 0 spiro atoms. The van der Waals surface area contributed by atoms with Crippen molar-refractivity contribution in [1.82, 2.24) is 0 Å². The maximum Gasteiger partial charge on any atom is 0.196 e. The SMILES string of the molecule is Cc1ccc(C(=O)c2ccoc2)cc1. The summed E-state index contributed by atoms with van der Waals surface area (Å²) in [7, 11) is 0. The zero-order valence-electron chi connectivity index (χ0n) is 7.86. The van der Waals surface area contributed by atoms with Gasteiger partial charge in [0.15, 0.2) is 5.78 Å². The van der Waals surface area contributed by atoms with Gasteiger partial charge in [-0.15, -0.1) is 0 Å². The second-order valence-electron chi connectivity index (χ2n) is 3.21. The molecule has 0 aliphatic heterocycles. The van der Waals surface area contributed by atoms with Crippen molar-refractivity contribution in [3.63, 3.8) is 0 Å². The molecular weight excluding hydrogens is 176 g/mol. The van der Waals surface area contributed by atoms with Crippen molar-refractivity contribution in [2.45, 2.75) is 6.92 Å². The predicted molar refractivity (Wildman–Crippen MR) is 53.3 cm³/mol. The number of furan rings is 1. The Morgan fingerprint density at radius 2 is 1.79 bits per heavy atom. The summed E-state index contributed by atoms with van der Waals surface area (Å²) in [6.07, 6.45) is 2.96. The largest absolute Gasteiger partial charge is 0.472 e. The second-order valence-corrected chi connectivity index (χ2v) is 3.21. The maximum absolute atomic E-state index is 11.8. The van der Waals surface area contributed by atoms with Crippen molar-refractivity contribution in [2.24, 2.45) is 0 Å². The molecule has 1 heterocycles. The molecule has 2 heteroatoms. The summed E-state index contributed by atoms with van der Waals surface area (Å²) in [5, 5.41) is 0. The molecule has 0 N–H and O–H groups in total. The molecule has 1 aromatic carbocycles. The summed E-state index contributed by atoms with van der Waals surface area (Å²) in [5.41, 5.74) is 2.43. The Labute approximate surface area is 82.2 Å². The standard InChI is InChI=1S/C12H10O2/c1-9-2-4-10(5-3-9)12(13)11-6-7-14-8-11/h2-8H,1H3. The number of hydrogen-bond donors (Lipinski definition) is 0. The molecule has 2 nitrogen and oxygen atoms in total. The van der Waals surface area contributed by atoms with Crippen LogP contribution >= 0.6 is 0 Å². The summed E-state index contributed by atoms with van der Waals surface area (Å²) < 4.78 is 4.86. The van der Waals surface area contributed by atoms with Crippen molar-refractivity contribution in [3.05, 3.63) is 59.5 Å². The Balaban J connectivity index is 2.33. The summed E-state index contributed by atoms with van der Waals surface area (Å²) in [6.45, 7) is 1.99. The van der Waals surface area contributed by atoms with E-state index in [-0.39, 0.29) is 5.78 Å². The number of carbonyl (C=O) groups excluding carboxylic acids is 1. The lowest BCUT2D eigenvalue weighted by molar-refractivity contribution is 0.103. The Kier molecular flexibility index (Phi) is 2.19. The van der Waals surface area contributed by atoms with Gasteiger partial charge < -0.3 is 4.42 Å². The summed E-state index contributed by atoms with van der Waals surface area (Å²) in [4.78, 5) is 11.8. The van der Waals surface area contributed by atoms with E-state index in [9.17, 15) is 4.79 Å². The molecule has 0 saturated carbocycles. The number of hydrogen-bond acceptors (Lipinski definition) is 2. The van der Waals surface area contributed by atoms with Gasteiger partial charge in [0, 0.05) is 5.56 Å². The lowest BCUT2D eigenvalue weighted by Crippen LogP contribution is -1.98. The molecule has 2 aromatic rings. The molecule has 0 aliphatic carbocycles. The highest BCUT2D eigenvalue weighted by Gasteiger charge is 2.08. The number of ketones is 1. The van der Waals surface area contributed by atoms with E-state index in [4.69, 9.17) is 4.42 Å². The van der Waals surface area contributed by atoms with E-state index in [0.29, 0.717) is 11.1 Å². The van der Waals surface area contributed by atoms with Crippen LogP contribution in [0.4, 0.5) is 0 Å². The molecule has 0 fully saturated rings. The second kappa shape index (κ2) is 3.50. The minimum Gasteiger partial charge on any atom is -0.472 e. The van der Waals surface area contributed by atoms with Crippen LogP contribution in [0.25, 0.3) is 0 Å². The Hall–Kier alpha value is -1.83. The van der Waals surface area contributed by atoms with Gasteiger partial charge in [0.05, 0.1) is 11.8 Å². The van der Waals surface area contributed by atoms with Crippen molar-refractivity contribution in [3.8, 4) is 0 Å². The van der Waals surface area contributed by atoms with E-state index < -0.39 is 0 Å². The van der Waals surface area contributed by atoms with Gasteiger partial charge in [0.1, 0.15) is 6.26 Å². The fraction of sp³-hybridized carbons (Fsp3) is 0.0833. The summed E-state index contributed by atoms with van der Waals surface area (Å²) >= 11 is 0. The van der Waals surface area contributed by atoms with Crippen molar-refractivity contribution >= 4 is 5.78 Å². The average Bonchev–Trinajstić information content (AvgIpc) is 2.71. The molecule has 0 amide bonds. The van der Waals surface area contributed by atoms with E-state index in [1.54, 1.807) is 6.07 Å². The molecule has 0 saturated heterocycles. The molecule has 0 unspecified atom stereocenters. The van der Waals surface area contributed by atoms with E-state index in [2.05, 4.69) is 0 Å². The van der Waals surface area contributed by atoms with Gasteiger partial charge in [-0.2, -0.15) is 0 Å². The normalized spacial score (nSPS) is 10.1. The van der Waals surface area contributed by atoms with Gasteiger partial charge in [0.2, 0.25) is 0 Å². The van der Waals surface area contributed by atoms with Crippen LogP contribution in [0.2, 0.25) is 0 Å². The molecular formula is C12H10O2. The fourth-order valence-electron chi connectivity index (χ4n) is 1.27. The van der Waals surface area contributed by atoms with Gasteiger partial charge in [0.25, 0.3) is 0 Å². The zero-order valence-corrected chi connectivity index (χ0v) is 7.86. The van der Waals surface area contributed by atoms with E-state index >= 15 is 0 Å². The number of carbonyl (C=O) groups is 1. The number of rotatable bonds is 2. The summed E-state index contributed by atoms with van der Waals surface area (Å²) in [6, 6.07) is 9.16. The van der Waals surface area contributed by atoms with E-state index in [1.165, 1.54) is 12.5 Å². The molecule has 1 aromatic heterocycles. The molecule has 0 aliphatic rings. The maximum atomic E-state index is 11.8. The van der Waals surface area contributed by atoms with Gasteiger partial charge in [-0.1, -0.05) is 29.8 Å². The topological polar surface area (TPSA) is 30.2 Å². The first-order chi connectivity index (χ1) is 6.77. The van der Waals surface area contributed by atoms with Crippen LogP contribution in [-0.4, -0.2) is 5.78 Å². The molecule has 14 heavy (non-hydrogen) atoms. The number of aryl methyl sites for hydroxylation is 1. The van der Waals surface area contributed by atoms with Crippen LogP contribution in [0.1, 0.15) is 21.5 Å². The molecule has 0 radical (unpaired) electrons. The quantitative estimate of drug-likeness (QED) is 0.675. The molecule has 2 rings (SSSR count). The third-order valence-corrected chi connectivity index (χ3v) is 2.10. The Morgan fingerprint density at radius 1 is 1.07 bits per heavy atom. The first-order valence-electron chi connectivity index (χ1n) is 4.41. The van der Waals surface area contributed by atoms with Gasteiger partial charge in [-0.25, -0.2) is 0 Å². The minimum atomic E-state index is -0.00116. The smallest absolute Gasteiger partial charge is 0.196 e. The first-order valence-corrected chi connectivity index (χ1v) is 4.41. The zero-order chi connectivity index (χ0) is 9.97. The van der Waals surface area contributed by atoms with Crippen molar-refractivity contribution < 1.29 is 9.21 Å². The van der Waals surface area contributed by atoms with Gasteiger partial charge in [-0.3, -0.25) is 4.79 Å². The molecule has 0 bridgehead atoms. The fourth-order valence-corrected chi connectivity index (χ4v) is 1.27. The van der Waals surface area contributed by atoms with Crippen molar-refractivity contribution in [2.75, 3.05) is 0 Å². The number of benzene rings is 1. The van der Waals surface area contributed by atoms with Crippen LogP contribution in [-0.2, 0) is 0 Å².